The average molecular weight is 197 g/mol. The first-order valence-corrected chi connectivity index (χ1v) is 6.22. The van der Waals surface area contributed by atoms with Crippen LogP contribution in [0.25, 0.3) is 0 Å². The summed E-state index contributed by atoms with van der Waals surface area (Å²) in [6.07, 6.45) is 10.9. The van der Waals surface area contributed by atoms with E-state index in [0.717, 1.165) is 18.9 Å². The molecule has 1 saturated heterocycles. The summed E-state index contributed by atoms with van der Waals surface area (Å²) >= 11 is 0. The highest BCUT2D eigenvalue weighted by Gasteiger charge is 2.23. The van der Waals surface area contributed by atoms with Crippen molar-refractivity contribution in [2.24, 2.45) is 11.7 Å². The Bertz CT molecular complexity index is 162. The smallest absolute Gasteiger partial charge is 0.0589 e. The molecular weight excluding hydrogens is 174 g/mol. The van der Waals surface area contributed by atoms with Gasteiger partial charge in [0, 0.05) is 12.6 Å². The van der Waals surface area contributed by atoms with E-state index in [1.807, 2.05) is 0 Å². The van der Waals surface area contributed by atoms with Crippen LogP contribution in [0.1, 0.15) is 51.4 Å². The third kappa shape index (κ3) is 2.96. The maximum Gasteiger partial charge on any atom is 0.0589 e. The van der Waals surface area contributed by atoms with Crippen LogP contribution < -0.4 is 5.73 Å². The molecule has 2 rings (SSSR count). The summed E-state index contributed by atoms with van der Waals surface area (Å²) < 4.78 is 5.70. The molecule has 2 heteroatoms. The second kappa shape index (κ2) is 5.13. The van der Waals surface area contributed by atoms with E-state index in [4.69, 9.17) is 10.5 Å². The summed E-state index contributed by atoms with van der Waals surface area (Å²) in [7, 11) is 0. The maximum absolute atomic E-state index is 6.13. The van der Waals surface area contributed by atoms with Gasteiger partial charge >= 0.3 is 0 Å². The molecule has 0 bridgehead atoms. The fraction of sp³-hybridized carbons (Fsp3) is 1.00. The van der Waals surface area contributed by atoms with E-state index in [1.165, 1.54) is 44.9 Å². The van der Waals surface area contributed by atoms with Gasteiger partial charge in [0.15, 0.2) is 0 Å². The minimum Gasteiger partial charge on any atom is -0.378 e. The van der Waals surface area contributed by atoms with Crippen LogP contribution in [0.2, 0.25) is 0 Å². The Hall–Kier alpha value is -0.0800. The van der Waals surface area contributed by atoms with Crippen LogP contribution in [0.15, 0.2) is 0 Å². The van der Waals surface area contributed by atoms with Crippen molar-refractivity contribution in [2.75, 3.05) is 6.61 Å². The third-order valence-electron chi connectivity index (χ3n) is 3.70. The SMILES string of the molecule is NC(CC1CCC1)CC1CCCCO1. The highest BCUT2D eigenvalue weighted by molar-refractivity contribution is 4.78. The van der Waals surface area contributed by atoms with Gasteiger partial charge in [-0.2, -0.15) is 0 Å². The molecule has 0 amide bonds. The van der Waals surface area contributed by atoms with Crippen molar-refractivity contribution in [1.29, 1.82) is 0 Å². The summed E-state index contributed by atoms with van der Waals surface area (Å²) in [5.74, 6) is 0.939. The molecule has 0 radical (unpaired) electrons. The van der Waals surface area contributed by atoms with Crippen LogP contribution >= 0.6 is 0 Å². The van der Waals surface area contributed by atoms with Crippen molar-refractivity contribution in [3.63, 3.8) is 0 Å². The minimum absolute atomic E-state index is 0.392. The molecule has 14 heavy (non-hydrogen) atoms. The van der Waals surface area contributed by atoms with Crippen molar-refractivity contribution in [3.05, 3.63) is 0 Å². The highest BCUT2D eigenvalue weighted by atomic mass is 16.5. The van der Waals surface area contributed by atoms with Gasteiger partial charge in [-0.25, -0.2) is 0 Å². The van der Waals surface area contributed by atoms with Crippen molar-refractivity contribution in [1.82, 2.24) is 0 Å². The summed E-state index contributed by atoms with van der Waals surface area (Å²) in [4.78, 5) is 0. The van der Waals surface area contributed by atoms with E-state index in [-0.39, 0.29) is 0 Å². The van der Waals surface area contributed by atoms with Crippen molar-refractivity contribution < 1.29 is 4.74 Å². The van der Waals surface area contributed by atoms with Crippen LogP contribution in [0, 0.1) is 5.92 Å². The molecule has 2 nitrogen and oxygen atoms in total. The molecule has 2 N–H and O–H groups in total. The van der Waals surface area contributed by atoms with Crippen LogP contribution in [0.4, 0.5) is 0 Å². The Balaban J connectivity index is 1.62. The fourth-order valence-electron chi connectivity index (χ4n) is 2.58. The first-order valence-electron chi connectivity index (χ1n) is 6.22. The predicted octanol–water partition coefficient (Wildman–Crippen LogP) is 2.46. The van der Waals surface area contributed by atoms with Gasteiger partial charge < -0.3 is 10.5 Å². The molecule has 2 fully saturated rings. The van der Waals surface area contributed by atoms with Gasteiger partial charge in [0.25, 0.3) is 0 Å². The van der Waals surface area contributed by atoms with Crippen molar-refractivity contribution in [2.45, 2.75) is 63.5 Å². The first-order chi connectivity index (χ1) is 6.84. The Morgan fingerprint density at radius 1 is 1.07 bits per heavy atom. The Kier molecular flexibility index (Phi) is 3.82. The summed E-state index contributed by atoms with van der Waals surface area (Å²) in [6.45, 7) is 0.959. The molecule has 1 saturated carbocycles. The van der Waals surface area contributed by atoms with Crippen LogP contribution in [-0.2, 0) is 4.74 Å². The zero-order valence-corrected chi connectivity index (χ0v) is 9.08. The van der Waals surface area contributed by atoms with E-state index in [0.29, 0.717) is 12.1 Å². The van der Waals surface area contributed by atoms with Gasteiger partial charge in [-0.15, -0.1) is 0 Å². The van der Waals surface area contributed by atoms with E-state index in [2.05, 4.69) is 0 Å². The second-order valence-corrected chi connectivity index (χ2v) is 5.02. The average Bonchev–Trinajstić information content (AvgIpc) is 2.13. The number of nitrogens with two attached hydrogens (primary N) is 1. The molecule has 0 aromatic heterocycles. The third-order valence-corrected chi connectivity index (χ3v) is 3.70. The Labute approximate surface area is 87.2 Å². The molecule has 0 aromatic carbocycles. The van der Waals surface area contributed by atoms with E-state index >= 15 is 0 Å². The van der Waals surface area contributed by atoms with Gasteiger partial charge in [0.05, 0.1) is 6.10 Å². The zero-order chi connectivity index (χ0) is 9.80. The van der Waals surface area contributed by atoms with Crippen LogP contribution in [0.3, 0.4) is 0 Å². The van der Waals surface area contributed by atoms with Gasteiger partial charge in [-0.1, -0.05) is 19.3 Å². The summed E-state index contributed by atoms with van der Waals surface area (Å²) in [5.41, 5.74) is 6.13. The standard InChI is InChI=1S/C12H23NO/c13-11(8-10-4-3-5-10)9-12-6-1-2-7-14-12/h10-12H,1-9,13H2. The van der Waals surface area contributed by atoms with Crippen molar-refractivity contribution in [3.8, 4) is 0 Å². The Morgan fingerprint density at radius 2 is 1.93 bits per heavy atom. The molecule has 1 aliphatic carbocycles. The van der Waals surface area contributed by atoms with Crippen LogP contribution in [0.5, 0.6) is 0 Å². The van der Waals surface area contributed by atoms with Gasteiger partial charge in [0.2, 0.25) is 0 Å². The number of ether oxygens (including phenoxy) is 1. The van der Waals surface area contributed by atoms with E-state index in [1.54, 1.807) is 0 Å². The number of hydrogen-bond acceptors (Lipinski definition) is 2. The normalized spacial score (nSPS) is 31.1. The fourth-order valence-corrected chi connectivity index (χ4v) is 2.58. The minimum atomic E-state index is 0.392. The summed E-state index contributed by atoms with van der Waals surface area (Å²) in [5, 5.41) is 0. The lowest BCUT2D eigenvalue weighted by atomic mass is 9.80. The lowest BCUT2D eigenvalue weighted by molar-refractivity contribution is 0.00546. The lowest BCUT2D eigenvalue weighted by Crippen LogP contribution is -2.32. The molecule has 0 spiro atoms. The van der Waals surface area contributed by atoms with E-state index < -0.39 is 0 Å². The molecule has 1 heterocycles. The molecule has 2 atom stereocenters. The quantitative estimate of drug-likeness (QED) is 0.751. The molecular formula is C12H23NO. The molecule has 2 aliphatic rings. The van der Waals surface area contributed by atoms with E-state index in [9.17, 15) is 0 Å². The van der Waals surface area contributed by atoms with Gasteiger partial charge in [-0.05, 0) is 38.0 Å². The predicted molar refractivity (Wildman–Crippen MR) is 58.1 cm³/mol. The topological polar surface area (TPSA) is 35.2 Å². The van der Waals surface area contributed by atoms with Crippen molar-refractivity contribution >= 4 is 0 Å². The highest BCUT2D eigenvalue weighted by Crippen LogP contribution is 2.31. The van der Waals surface area contributed by atoms with Gasteiger partial charge in [-0.3, -0.25) is 0 Å². The van der Waals surface area contributed by atoms with Gasteiger partial charge in [0.1, 0.15) is 0 Å². The first kappa shape index (κ1) is 10.4. The number of rotatable bonds is 4. The second-order valence-electron chi connectivity index (χ2n) is 5.02. The largest absolute Gasteiger partial charge is 0.378 e. The Morgan fingerprint density at radius 3 is 2.50 bits per heavy atom. The van der Waals surface area contributed by atoms with Crippen LogP contribution in [-0.4, -0.2) is 18.8 Å². The monoisotopic (exact) mass is 197 g/mol. The number of hydrogen-bond donors (Lipinski definition) is 1. The lowest BCUT2D eigenvalue weighted by Gasteiger charge is -2.30. The molecule has 1 aliphatic heterocycles. The molecule has 82 valence electrons. The molecule has 0 aromatic rings. The zero-order valence-electron chi connectivity index (χ0n) is 9.08. The summed E-state index contributed by atoms with van der Waals surface area (Å²) in [6, 6.07) is 0.392. The molecule has 2 unspecified atom stereocenters. The maximum atomic E-state index is 6.13.